The van der Waals surface area contributed by atoms with Crippen LogP contribution >= 0.6 is 0 Å². The van der Waals surface area contributed by atoms with Gasteiger partial charge in [-0.3, -0.25) is 9.89 Å². The van der Waals surface area contributed by atoms with Crippen LogP contribution in [0.25, 0.3) is 10.9 Å². The molecule has 0 saturated carbocycles. The van der Waals surface area contributed by atoms with Crippen LogP contribution in [0.1, 0.15) is 18.4 Å². The van der Waals surface area contributed by atoms with Crippen molar-refractivity contribution in [1.82, 2.24) is 10.2 Å². The molecule has 2 aromatic carbocycles. The third-order valence-corrected chi connectivity index (χ3v) is 3.46. The number of hydrogen-bond acceptors (Lipinski definition) is 2. The first-order valence-corrected chi connectivity index (χ1v) is 7.09. The van der Waals surface area contributed by atoms with E-state index in [1.54, 1.807) is 6.20 Å². The smallest absolute Gasteiger partial charge is 0.224 e. The SMILES string of the molecule is O=C(CCCc1ccccc1)Nc1cccc2cn[nH]c12. The quantitative estimate of drug-likeness (QED) is 0.750. The lowest BCUT2D eigenvalue weighted by molar-refractivity contribution is -0.116. The maximum absolute atomic E-state index is 12.0. The van der Waals surface area contributed by atoms with Gasteiger partial charge in [-0.05, 0) is 24.5 Å². The summed E-state index contributed by atoms with van der Waals surface area (Å²) >= 11 is 0. The lowest BCUT2D eigenvalue weighted by atomic mass is 10.1. The largest absolute Gasteiger partial charge is 0.324 e. The Labute approximate surface area is 123 Å². The van der Waals surface area contributed by atoms with Crippen molar-refractivity contribution in [3.8, 4) is 0 Å². The normalized spacial score (nSPS) is 10.7. The highest BCUT2D eigenvalue weighted by molar-refractivity contribution is 6.00. The van der Waals surface area contributed by atoms with E-state index in [2.05, 4.69) is 27.6 Å². The van der Waals surface area contributed by atoms with E-state index < -0.39 is 0 Å². The zero-order valence-corrected chi connectivity index (χ0v) is 11.7. The number of anilines is 1. The molecule has 1 heterocycles. The Kier molecular flexibility index (Phi) is 3.96. The molecule has 0 aliphatic rings. The zero-order chi connectivity index (χ0) is 14.5. The minimum absolute atomic E-state index is 0.0352. The number of rotatable bonds is 5. The van der Waals surface area contributed by atoms with Gasteiger partial charge in [0.25, 0.3) is 0 Å². The topological polar surface area (TPSA) is 57.8 Å². The van der Waals surface area contributed by atoms with Crippen LogP contribution in [0.15, 0.2) is 54.7 Å². The summed E-state index contributed by atoms with van der Waals surface area (Å²) in [5.41, 5.74) is 2.92. The van der Waals surface area contributed by atoms with Crippen LogP contribution < -0.4 is 5.32 Å². The summed E-state index contributed by atoms with van der Waals surface area (Å²) in [6.45, 7) is 0. The van der Waals surface area contributed by atoms with Gasteiger partial charge in [0.1, 0.15) is 0 Å². The van der Waals surface area contributed by atoms with Gasteiger partial charge in [0, 0.05) is 11.8 Å². The van der Waals surface area contributed by atoms with E-state index in [4.69, 9.17) is 0 Å². The zero-order valence-electron chi connectivity index (χ0n) is 11.7. The lowest BCUT2D eigenvalue weighted by Gasteiger charge is -2.06. The average molecular weight is 279 g/mol. The fourth-order valence-electron chi connectivity index (χ4n) is 2.38. The van der Waals surface area contributed by atoms with Crippen LogP contribution in [0.4, 0.5) is 5.69 Å². The molecule has 0 radical (unpaired) electrons. The van der Waals surface area contributed by atoms with Crippen LogP contribution in [-0.4, -0.2) is 16.1 Å². The molecule has 3 aromatic rings. The van der Waals surface area contributed by atoms with Gasteiger partial charge in [-0.2, -0.15) is 5.10 Å². The molecule has 4 heteroatoms. The predicted molar refractivity (Wildman–Crippen MR) is 84.1 cm³/mol. The maximum atomic E-state index is 12.0. The highest BCUT2D eigenvalue weighted by Crippen LogP contribution is 2.20. The molecule has 0 fully saturated rings. The van der Waals surface area contributed by atoms with Crippen molar-refractivity contribution in [2.45, 2.75) is 19.3 Å². The molecule has 2 N–H and O–H groups in total. The minimum Gasteiger partial charge on any atom is -0.324 e. The molecule has 0 spiro atoms. The second-order valence-electron chi connectivity index (χ2n) is 5.03. The molecule has 0 aliphatic heterocycles. The first kappa shape index (κ1) is 13.4. The number of aromatic amines is 1. The number of fused-ring (bicyclic) bond motifs is 1. The number of aryl methyl sites for hydroxylation is 1. The Morgan fingerprint density at radius 2 is 1.95 bits per heavy atom. The molecular formula is C17H17N3O. The van der Waals surface area contributed by atoms with E-state index in [1.165, 1.54) is 5.56 Å². The fourth-order valence-corrected chi connectivity index (χ4v) is 2.38. The van der Waals surface area contributed by atoms with Crippen molar-refractivity contribution < 1.29 is 4.79 Å². The molecule has 1 amide bonds. The molecule has 0 unspecified atom stereocenters. The standard InChI is InChI=1S/C17H17N3O/c21-16(11-4-8-13-6-2-1-3-7-13)19-15-10-5-9-14-12-18-20-17(14)15/h1-3,5-7,9-10,12H,4,8,11H2,(H,18,20)(H,19,21). The molecule has 0 aliphatic carbocycles. The maximum Gasteiger partial charge on any atom is 0.224 e. The van der Waals surface area contributed by atoms with Gasteiger partial charge in [0.2, 0.25) is 5.91 Å². The van der Waals surface area contributed by atoms with Crippen molar-refractivity contribution in [3.63, 3.8) is 0 Å². The summed E-state index contributed by atoms with van der Waals surface area (Å²) in [5.74, 6) is 0.0352. The first-order chi connectivity index (χ1) is 10.3. The summed E-state index contributed by atoms with van der Waals surface area (Å²) in [4.78, 5) is 12.0. The second-order valence-corrected chi connectivity index (χ2v) is 5.03. The number of carbonyl (C=O) groups is 1. The van der Waals surface area contributed by atoms with Crippen LogP contribution in [-0.2, 0) is 11.2 Å². The Morgan fingerprint density at radius 1 is 1.10 bits per heavy atom. The minimum atomic E-state index is 0.0352. The highest BCUT2D eigenvalue weighted by atomic mass is 16.1. The number of para-hydroxylation sites is 1. The summed E-state index contributed by atoms with van der Waals surface area (Å²) < 4.78 is 0. The summed E-state index contributed by atoms with van der Waals surface area (Å²) in [6.07, 6.45) is 4.02. The van der Waals surface area contributed by atoms with Crippen molar-refractivity contribution in [1.29, 1.82) is 0 Å². The number of hydrogen-bond donors (Lipinski definition) is 2. The van der Waals surface area contributed by atoms with E-state index in [0.717, 1.165) is 29.4 Å². The summed E-state index contributed by atoms with van der Waals surface area (Å²) in [5, 5.41) is 10.8. The first-order valence-electron chi connectivity index (χ1n) is 7.09. The van der Waals surface area contributed by atoms with E-state index in [-0.39, 0.29) is 5.91 Å². The van der Waals surface area contributed by atoms with E-state index >= 15 is 0 Å². The highest BCUT2D eigenvalue weighted by Gasteiger charge is 2.06. The molecule has 0 saturated heterocycles. The Hall–Kier alpha value is -2.62. The number of nitrogens with one attached hydrogen (secondary N) is 2. The molecule has 0 bridgehead atoms. The number of benzene rings is 2. The van der Waals surface area contributed by atoms with Crippen molar-refractivity contribution >= 4 is 22.5 Å². The molecule has 1 aromatic heterocycles. The number of nitrogens with zero attached hydrogens (tertiary/aromatic N) is 1. The molecule has 0 atom stereocenters. The molecule has 106 valence electrons. The predicted octanol–water partition coefficient (Wildman–Crippen LogP) is 3.52. The average Bonchev–Trinajstić information content (AvgIpc) is 2.98. The number of aromatic nitrogens is 2. The van der Waals surface area contributed by atoms with Crippen LogP contribution in [0.3, 0.4) is 0 Å². The third-order valence-electron chi connectivity index (χ3n) is 3.46. The van der Waals surface area contributed by atoms with Gasteiger partial charge in [-0.1, -0.05) is 42.5 Å². The molecular weight excluding hydrogens is 262 g/mol. The van der Waals surface area contributed by atoms with Gasteiger partial charge >= 0.3 is 0 Å². The Balaban J connectivity index is 1.56. The van der Waals surface area contributed by atoms with E-state index in [0.29, 0.717) is 6.42 Å². The van der Waals surface area contributed by atoms with Gasteiger partial charge in [0.15, 0.2) is 0 Å². The Bertz CT molecular complexity index is 734. The van der Waals surface area contributed by atoms with Crippen LogP contribution in [0.5, 0.6) is 0 Å². The van der Waals surface area contributed by atoms with Gasteiger partial charge in [0.05, 0.1) is 17.4 Å². The van der Waals surface area contributed by atoms with E-state index in [1.807, 2.05) is 36.4 Å². The summed E-state index contributed by atoms with van der Waals surface area (Å²) in [6, 6.07) is 16.0. The molecule has 3 rings (SSSR count). The third kappa shape index (κ3) is 3.28. The number of H-pyrrole nitrogens is 1. The molecule has 4 nitrogen and oxygen atoms in total. The second kappa shape index (κ2) is 6.22. The Morgan fingerprint density at radius 3 is 2.81 bits per heavy atom. The van der Waals surface area contributed by atoms with Crippen LogP contribution in [0, 0.1) is 0 Å². The van der Waals surface area contributed by atoms with Crippen LogP contribution in [0.2, 0.25) is 0 Å². The number of carbonyl (C=O) groups excluding carboxylic acids is 1. The molecule has 21 heavy (non-hydrogen) atoms. The summed E-state index contributed by atoms with van der Waals surface area (Å²) in [7, 11) is 0. The van der Waals surface area contributed by atoms with Gasteiger partial charge < -0.3 is 5.32 Å². The van der Waals surface area contributed by atoms with Crippen molar-refractivity contribution in [3.05, 3.63) is 60.3 Å². The van der Waals surface area contributed by atoms with Crippen molar-refractivity contribution in [2.75, 3.05) is 5.32 Å². The number of amides is 1. The lowest BCUT2D eigenvalue weighted by Crippen LogP contribution is -2.11. The van der Waals surface area contributed by atoms with Crippen molar-refractivity contribution in [2.24, 2.45) is 0 Å². The van der Waals surface area contributed by atoms with Gasteiger partial charge in [-0.25, -0.2) is 0 Å². The fraction of sp³-hybridized carbons (Fsp3) is 0.176. The monoisotopic (exact) mass is 279 g/mol. The van der Waals surface area contributed by atoms with E-state index in [9.17, 15) is 4.79 Å². The van der Waals surface area contributed by atoms with Gasteiger partial charge in [-0.15, -0.1) is 0 Å².